The van der Waals surface area contributed by atoms with E-state index in [0.717, 1.165) is 17.5 Å². The number of piperazine rings is 1. The van der Waals surface area contributed by atoms with Gasteiger partial charge in [0.05, 0.1) is 11.4 Å². The van der Waals surface area contributed by atoms with Crippen LogP contribution in [-0.2, 0) is 16.6 Å². The molecule has 3 rings (SSSR count). The smallest absolute Gasteiger partial charge is 0.243 e. The third kappa shape index (κ3) is 4.49. The minimum Gasteiger partial charge on any atom is -0.345 e. The molecule has 1 saturated heterocycles. The molecule has 29 heavy (non-hydrogen) atoms. The van der Waals surface area contributed by atoms with Crippen LogP contribution in [0, 0.1) is 19.7 Å². The molecule has 1 fully saturated rings. The summed E-state index contributed by atoms with van der Waals surface area (Å²) >= 11 is 0. The maximum Gasteiger partial charge on any atom is 0.243 e. The fourth-order valence-electron chi connectivity index (χ4n) is 3.69. The number of carbonyl (C=O) groups is 1. The molecule has 0 saturated carbocycles. The van der Waals surface area contributed by atoms with E-state index < -0.39 is 15.8 Å². The maximum atomic E-state index is 13.4. The van der Waals surface area contributed by atoms with Gasteiger partial charge in [-0.1, -0.05) is 12.1 Å². The van der Waals surface area contributed by atoms with Crippen molar-refractivity contribution in [3.05, 3.63) is 65.8 Å². The van der Waals surface area contributed by atoms with Gasteiger partial charge in [0.1, 0.15) is 5.82 Å². The number of hydrogen-bond donors (Lipinski definition) is 0. The summed E-state index contributed by atoms with van der Waals surface area (Å²) in [6.45, 7) is 9.96. The minimum absolute atomic E-state index is 0.0230. The lowest BCUT2D eigenvalue weighted by Crippen LogP contribution is -2.49. The van der Waals surface area contributed by atoms with Crippen molar-refractivity contribution >= 4 is 15.8 Å². The first kappa shape index (κ1) is 21.4. The van der Waals surface area contributed by atoms with E-state index in [-0.39, 0.29) is 30.3 Å². The van der Waals surface area contributed by atoms with E-state index in [1.54, 1.807) is 6.08 Å². The molecule has 0 N–H and O–H groups in total. The second kappa shape index (κ2) is 8.61. The lowest BCUT2D eigenvalue weighted by atomic mass is 10.1. The first-order valence-corrected chi connectivity index (χ1v) is 11.0. The normalized spacial score (nSPS) is 16.1. The predicted octanol–water partition coefficient (Wildman–Crippen LogP) is 2.62. The fourth-order valence-corrected chi connectivity index (χ4v) is 5.14. The average molecular weight is 420 g/mol. The van der Waals surface area contributed by atoms with Crippen molar-refractivity contribution < 1.29 is 17.6 Å². The van der Waals surface area contributed by atoms with Crippen LogP contribution >= 0.6 is 0 Å². The molecule has 0 amide bonds. The minimum atomic E-state index is -3.73. The van der Waals surface area contributed by atoms with Crippen LogP contribution in [-0.4, -0.2) is 60.7 Å². The highest BCUT2D eigenvalue weighted by molar-refractivity contribution is 7.89. The topological polar surface area (TPSA) is 62.6 Å². The predicted molar refractivity (Wildman–Crippen MR) is 110 cm³/mol. The van der Waals surface area contributed by atoms with Gasteiger partial charge in [0.2, 0.25) is 10.0 Å². The highest BCUT2D eigenvalue weighted by atomic mass is 32.2. The third-order valence-electron chi connectivity index (χ3n) is 5.32. The summed E-state index contributed by atoms with van der Waals surface area (Å²) in [5.74, 6) is -0.556. The van der Waals surface area contributed by atoms with Crippen molar-refractivity contribution in [2.24, 2.45) is 0 Å². The highest BCUT2D eigenvalue weighted by Gasteiger charge is 2.29. The molecule has 0 aliphatic carbocycles. The van der Waals surface area contributed by atoms with Crippen LogP contribution in [0.3, 0.4) is 0 Å². The van der Waals surface area contributed by atoms with E-state index in [9.17, 15) is 17.6 Å². The van der Waals surface area contributed by atoms with Gasteiger partial charge in [0.25, 0.3) is 0 Å². The van der Waals surface area contributed by atoms with E-state index in [4.69, 9.17) is 0 Å². The Morgan fingerprint density at radius 1 is 1.17 bits per heavy atom. The molecule has 0 bridgehead atoms. The molecular formula is C21H26FN3O3S. The van der Waals surface area contributed by atoms with Crippen molar-refractivity contribution in [3.8, 4) is 0 Å². The van der Waals surface area contributed by atoms with E-state index in [1.165, 1.54) is 22.5 Å². The zero-order valence-electron chi connectivity index (χ0n) is 16.8. The van der Waals surface area contributed by atoms with E-state index in [1.807, 2.05) is 29.4 Å². The van der Waals surface area contributed by atoms with Gasteiger partial charge >= 0.3 is 0 Å². The number of benzene rings is 1. The molecule has 0 spiro atoms. The lowest BCUT2D eigenvalue weighted by Gasteiger charge is -2.33. The van der Waals surface area contributed by atoms with Gasteiger partial charge in [-0.15, -0.1) is 6.58 Å². The summed E-state index contributed by atoms with van der Waals surface area (Å²) in [6, 6.07) is 6.93. The fraction of sp³-hybridized carbons (Fsp3) is 0.381. The molecule has 1 aromatic heterocycles. The molecule has 1 aromatic carbocycles. The van der Waals surface area contributed by atoms with Gasteiger partial charge in [0.15, 0.2) is 5.78 Å². The Kier molecular flexibility index (Phi) is 6.36. The van der Waals surface area contributed by atoms with Crippen molar-refractivity contribution in [1.82, 2.24) is 13.8 Å². The van der Waals surface area contributed by atoms with Crippen molar-refractivity contribution in [2.75, 3.05) is 32.7 Å². The van der Waals surface area contributed by atoms with Crippen molar-refractivity contribution in [3.63, 3.8) is 0 Å². The number of sulfonamides is 1. The van der Waals surface area contributed by atoms with E-state index in [2.05, 4.69) is 6.58 Å². The second-order valence-electron chi connectivity index (χ2n) is 7.24. The second-order valence-corrected chi connectivity index (χ2v) is 9.18. The number of Topliss-reactive ketones (excluding diaryl/α,β-unsaturated/α-hetero) is 1. The number of allylic oxidation sites excluding steroid dienone is 1. The monoisotopic (exact) mass is 419 g/mol. The van der Waals surface area contributed by atoms with Crippen LogP contribution in [0.5, 0.6) is 0 Å². The Balaban J connectivity index is 1.63. The van der Waals surface area contributed by atoms with Crippen LogP contribution in [0.2, 0.25) is 0 Å². The SMILES string of the molecule is C=CCn1c(C)cc(C(=O)CN2CCN(S(=O)(=O)c3cccc(F)c3)CC2)c1C. The maximum absolute atomic E-state index is 13.4. The molecule has 2 heterocycles. The summed E-state index contributed by atoms with van der Waals surface area (Å²) in [7, 11) is -3.73. The molecule has 1 aliphatic heterocycles. The number of aromatic nitrogens is 1. The number of hydrogen-bond acceptors (Lipinski definition) is 4. The summed E-state index contributed by atoms with van der Waals surface area (Å²) in [5, 5.41) is 0. The number of halogens is 1. The first-order valence-electron chi connectivity index (χ1n) is 9.53. The number of carbonyl (C=O) groups excluding carboxylic acids is 1. The van der Waals surface area contributed by atoms with Gasteiger partial charge in [-0.05, 0) is 38.1 Å². The summed E-state index contributed by atoms with van der Waals surface area (Å²) in [5.41, 5.74) is 2.62. The number of rotatable bonds is 7. The van der Waals surface area contributed by atoms with Gasteiger partial charge in [0, 0.05) is 49.7 Å². The summed E-state index contributed by atoms with van der Waals surface area (Å²) < 4.78 is 42.2. The molecule has 2 aromatic rings. The Morgan fingerprint density at radius 3 is 2.48 bits per heavy atom. The van der Waals surface area contributed by atoms with Gasteiger partial charge in [-0.3, -0.25) is 9.69 Å². The third-order valence-corrected chi connectivity index (χ3v) is 7.21. The first-order chi connectivity index (χ1) is 13.7. The Hall–Kier alpha value is -2.29. The Bertz CT molecular complexity index is 1020. The van der Waals surface area contributed by atoms with Crippen molar-refractivity contribution in [2.45, 2.75) is 25.3 Å². The molecule has 156 valence electrons. The molecule has 1 aliphatic rings. The largest absolute Gasteiger partial charge is 0.345 e. The lowest BCUT2D eigenvalue weighted by molar-refractivity contribution is 0.0901. The molecular weight excluding hydrogens is 393 g/mol. The Labute approximate surface area is 171 Å². The molecule has 8 heteroatoms. The van der Waals surface area contributed by atoms with Crippen LogP contribution in [0.15, 0.2) is 47.9 Å². The molecule has 6 nitrogen and oxygen atoms in total. The zero-order chi connectivity index (χ0) is 21.2. The molecule has 0 atom stereocenters. The van der Waals surface area contributed by atoms with Gasteiger partial charge in [-0.25, -0.2) is 12.8 Å². The van der Waals surface area contributed by atoms with Gasteiger partial charge < -0.3 is 4.57 Å². The molecule has 0 radical (unpaired) electrons. The van der Waals surface area contributed by atoms with Crippen LogP contribution < -0.4 is 0 Å². The zero-order valence-corrected chi connectivity index (χ0v) is 17.6. The van der Waals surface area contributed by atoms with E-state index in [0.29, 0.717) is 25.2 Å². The standard InChI is InChI=1S/C21H26FN3O3S/c1-4-8-25-16(2)13-20(17(25)3)21(26)15-23-9-11-24(12-10-23)29(27,28)19-7-5-6-18(22)14-19/h4-7,13-14H,1,8-12,15H2,2-3H3. The average Bonchev–Trinajstić information content (AvgIpc) is 2.97. The Morgan fingerprint density at radius 2 is 1.86 bits per heavy atom. The number of aryl methyl sites for hydroxylation is 1. The summed E-state index contributed by atoms with van der Waals surface area (Å²) in [4.78, 5) is 14.7. The van der Waals surface area contributed by atoms with Crippen LogP contribution in [0.4, 0.5) is 4.39 Å². The van der Waals surface area contributed by atoms with Crippen molar-refractivity contribution in [1.29, 1.82) is 0 Å². The van der Waals surface area contributed by atoms with Gasteiger partial charge in [-0.2, -0.15) is 4.31 Å². The quantitative estimate of drug-likeness (QED) is 0.511. The summed E-state index contributed by atoms with van der Waals surface area (Å²) in [6.07, 6.45) is 1.80. The number of ketones is 1. The van der Waals surface area contributed by atoms with Crippen LogP contribution in [0.1, 0.15) is 21.7 Å². The highest BCUT2D eigenvalue weighted by Crippen LogP contribution is 2.20. The van der Waals surface area contributed by atoms with Crippen LogP contribution in [0.25, 0.3) is 0 Å². The molecule has 0 unspecified atom stereocenters. The van der Waals surface area contributed by atoms with E-state index >= 15 is 0 Å². The number of nitrogens with zero attached hydrogens (tertiary/aromatic N) is 3.